The van der Waals surface area contributed by atoms with Gasteiger partial charge in [0, 0.05) is 11.8 Å². The maximum absolute atomic E-state index is 5.06. The first-order chi connectivity index (χ1) is 4.74. The molecule has 0 bridgehead atoms. The quantitative estimate of drug-likeness (QED) is 0.360. The summed E-state index contributed by atoms with van der Waals surface area (Å²) in [6.07, 6.45) is 1.69. The van der Waals surface area contributed by atoms with Crippen LogP contribution in [-0.4, -0.2) is 9.97 Å². The van der Waals surface area contributed by atoms with Crippen LogP contribution >= 0.6 is 15.9 Å². The fraction of sp³-hybridized carbons (Fsp3) is 0.200. The summed E-state index contributed by atoms with van der Waals surface area (Å²) < 4.78 is 0.627. The van der Waals surface area contributed by atoms with E-state index in [0.717, 1.165) is 5.56 Å². The third kappa shape index (κ3) is 1.36. The highest BCUT2D eigenvalue weighted by molar-refractivity contribution is 9.10. The Kier molecular flexibility index (Phi) is 2.06. The van der Waals surface area contributed by atoms with E-state index in [1.807, 2.05) is 6.92 Å². The van der Waals surface area contributed by atoms with Gasteiger partial charge in [-0.1, -0.05) is 0 Å². The molecule has 0 spiro atoms. The van der Waals surface area contributed by atoms with Crippen molar-refractivity contribution in [2.75, 3.05) is 0 Å². The van der Waals surface area contributed by atoms with E-state index in [-0.39, 0.29) is 0 Å². The number of rotatable bonds is 0. The Morgan fingerprint density at radius 2 is 2.50 bits per heavy atom. The molecule has 1 aromatic heterocycles. The molecule has 0 unspecified atom stereocenters. The van der Waals surface area contributed by atoms with Crippen molar-refractivity contribution in [1.82, 2.24) is 9.97 Å². The van der Waals surface area contributed by atoms with Crippen molar-refractivity contribution in [2.45, 2.75) is 6.92 Å². The molecular formula is C5H7BrN4. The van der Waals surface area contributed by atoms with Crippen LogP contribution in [0.15, 0.2) is 16.0 Å². The summed E-state index contributed by atoms with van der Waals surface area (Å²) >= 11 is 3.15. The molecule has 1 aromatic rings. The van der Waals surface area contributed by atoms with Crippen LogP contribution in [0.3, 0.4) is 0 Å². The van der Waals surface area contributed by atoms with E-state index in [1.54, 1.807) is 6.20 Å². The maximum Gasteiger partial charge on any atom is 0.175 e. The monoisotopic (exact) mass is 202 g/mol. The van der Waals surface area contributed by atoms with Crippen molar-refractivity contribution in [3.63, 3.8) is 0 Å². The molecule has 0 aliphatic heterocycles. The second-order valence-electron chi connectivity index (χ2n) is 1.83. The van der Waals surface area contributed by atoms with Gasteiger partial charge in [-0.3, -0.25) is 0 Å². The Morgan fingerprint density at radius 1 is 1.80 bits per heavy atom. The molecule has 5 heteroatoms. The van der Waals surface area contributed by atoms with Crippen LogP contribution in [0.5, 0.6) is 0 Å². The topological polar surface area (TPSA) is 67.1 Å². The van der Waals surface area contributed by atoms with Crippen molar-refractivity contribution in [3.8, 4) is 0 Å². The molecule has 0 saturated carbocycles. The first-order valence-corrected chi connectivity index (χ1v) is 3.48. The summed E-state index contributed by atoms with van der Waals surface area (Å²) in [4.78, 5) is 6.77. The summed E-state index contributed by atoms with van der Waals surface area (Å²) in [7, 11) is 0. The Morgan fingerprint density at radius 3 is 3.00 bits per heavy atom. The highest BCUT2D eigenvalue weighted by Crippen LogP contribution is 1.95. The van der Waals surface area contributed by atoms with Gasteiger partial charge in [0.15, 0.2) is 10.2 Å². The number of hydrogen-bond donors (Lipinski definition) is 2. The van der Waals surface area contributed by atoms with Gasteiger partial charge in [0.2, 0.25) is 0 Å². The SMILES string of the molecule is Cc1cnc(Br)[nH]/c1=N\N. The molecule has 0 aliphatic carbocycles. The minimum Gasteiger partial charge on any atom is -0.321 e. The van der Waals surface area contributed by atoms with E-state index in [9.17, 15) is 0 Å². The molecule has 0 saturated heterocycles. The lowest BCUT2D eigenvalue weighted by Gasteiger charge is -1.92. The number of aryl methyl sites for hydroxylation is 1. The lowest BCUT2D eigenvalue weighted by molar-refractivity contribution is 0.954. The Labute approximate surface area is 66.3 Å². The van der Waals surface area contributed by atoms with Gasteiger partial charge in [-0.15, -0.1) is 0 Å². The third-order valence-electron chi connectivity index (χ3n) is 1.10. The van der Waals surface area contributed by atoms with Gasteiger partial charge in [-0.2, -0.15) is 5.10 Å². The van der Waals surface area contributed by atoms with Crippen LogP contribution in [0.1, 0.15) is 5.56 Å². The molecular weight excluding hydrogens is 196 g/mol. The van der Waals surface area contributed by atoms with E-state index < -0.39 is 0 Å². The first kappa shape index (κ1) is 7.27. The number of aromatic amines is 1. The Hall–Kier alpha value is -0.840. The second-order valence-corrected chi connectivity index (χ2v) is 2.59. The average molecular weight is 203 g/mol. The van der Waals surface area contributed by atoms with Crippen molar-refractivity contribution in [3.05, 3.63) is 22.0 Å². The van der Waals surface area contributed by atoms with Gasteiger partial charge in [-0.05, 0) is 22.9 Å². The first-order valence-electron chi connectivity index (χ1n) is 2.69. The number of nitrogens with two attached hydrogens (primary N) is 1. The number of halogens is 1. The number of nitrogens with one attached hydrogen (secondary N) is 1. The fourth-order valence-corrected chi connectivity index (χ4v) is 0.867. The molecule has 54 valence electrons. The van der Waals surface area contributed by atoms with E-state index in [2.05, 4.69) is 31.0 Å². The van der Waals surface area contributed by atoms with E-state index >= 15 is 0 Å². The van der Waals surface area contributed by atoms with Crippen LogP contribution in [0.25, 0.3) is 0 Å². The minimum atomic E-state index is 0.627. The molecule has 0 atom stereocenters. The molecule has 4 nitrogen and oxygen atoms in total. The summed E-state index contributed by atoms with van der Waals surface area (Å²) in [5.41, 5.74) is 1.56. The largest absolute Gasteiger partial charge is 0.321 e. The van der Waals surface area contributed by atoms with Gasteiger partial charge >= 0.3 is 0 Å². The fourth-order valence-electron chi connectivity index (χ4n) is 0.577. The molecule has 0 aliphatic rings. The number of nitrogens with zero attached hydrogens (tertiary/aromatic N) is 2. The smallest absolute Gasteiger partial charge is 0.175 e. The van der Waals surface area contributed by atoms with Gasteiger partial charge in [-0.25, -0.2) is 4.98 Å². The average Bonchev–Trinajstić information content (AvgIpc) is 1.94. The molecule has 0 fully saturated rings. The van der Waals surface area contributed by atoms with Gasteiger partial charge in [0.25, 0.3) is 0 Å². The van der Waals surface area contributed by atoms with Crippen molar-refractivity contribution >= 4 is 15.9 Å². The normalized spacial score (nSPS) is 12.0. The second kappa shape index (κ2) is 2.83. The van der Waals surface area contributed by atoms with E-state index in [1.165, 1.54) is 0 Å². The molecule has 1 rings (SSSR count). The maximum atomic E-state index is 5.06. The van der Waals surface area contributed by atoms with Crippen LogP contribution in [0.2, 0.25) is 0 Å². The molecule has 1 heterocycles. The summed E-state index contributed by atoms with van der Waals surface area (Å²) in [5.74, 6) is 5.06. The molecule has 0 radical (unpaired) electrons. The third-order valence-corrected chi connectivity index (χ3v) is 1.50. The predicted molar refractivity (Wildman–Crippen MR) is 40.8 cm³/mol. The lowest BCUT2D eigenvalue weighted by Crippen LogP contribution is -2.15. The van der Waals surface area contributed by atoms with Crippen molar-refractivity contribution in [1.29, 1.82) is 0 Å². The van der Waals surface area contributed by atoms with E-state index in [0.29, 0.717) is 10.2 Å². The standard InChI is InChI=1S/C5H7BrN4/c1-3-2-8-5(6)9-4(3)10-7/h2H,7H2,1H3,(H,8,9,10). The molecule has 0 aromatic carbocycles. The zero-order valence-electron chi connectivity index (χ0n) is 5.43. The lowest BCUT2D eigenvalue weighted by atomic mass is 10.4. The van der Waals surface area contributed by atoms with Gasteiger partial charge in [0.05, 0.1) is 0 Å². The molecule has 0 amide bonds. The van der Waals surface area contributed by atoms with Crippen LogP contribution in [0.4, 0.5) is 0 Å². The van der Waals surface area contributed by atoms with Crippen molar-refractivity contribution in [2.24, 2.45) is 10.9 Å². The number of aromatic nitrogens is 2. The number of hydrogen-bond acceptors (Lipinski definition) is 3. The summed E-state index contributed by atoms with van der Waals surface area (Å²) in [6.45, 7) is 1.88. The van der Waals surface area contributed by atoms with Crippen molar-refractivity contribution < 1.29 is 0 Å². The molecule has 10 heavy (non-hydrogen) atoms. The summed E-state index contributed by atoms with van der Waals surface area (Å²) in [5, 5.41) is 3.51. The predicted octanol–water partition coefficient (Wildman–Crippen LogP) is 0.255. The Balaban J connectivity index is 3.37. The summed E-state index contributed by atoms with van der Waals surface area (Å²) in [6, 6.07) is 0. The van der Waals surface area contributed by atoms with Crippen LogP contribution in [0, 0.1) is 6.92 Å². The highest BCUT2D eigenvalue weighted by Gasteiger charge is 1.90. The highest BCUT2D eigenvalue weighted by atomic mass is 79.9. The Bertz CT molecular complexity index is 290. The zero-order chi connectivity index (χ0) is 7.56. The zero-order valence-corrected chi connectivity index (χ0v) is 7.01. The van der Waals surface area contributed by atoms with E-state index in [4.69, 9.17) is 5.84 Å². The van der Waals surface area contributed by atoms with Gasteiger partial charge < -0.3 is 10.8 Å². The minimum absolute atomic E-state index is 0.627. The van der Waals surface area contributed by atoms with Gasteiger partial charge in [0.1, 0.15) is 0 Å². The van der Waals surface area contributed by atoms with Crippen LogP contribution in [-0.2, 0) is 0 Å². The van der Waals surface area contributed by atoms with Crippen LogP contribution < -0.4 is 11.3 Å². The number of H-pyrrole nitrogens is 1. The molecule has 3 N–H and O–H groups in total.